The van der Waals surface area contributed by atoms with Crippen LogP contribution in [-0.2, 0) is 15.0 Å². The molecule has 0 bridgehead atoms. The number of carboxylic acids is 1. The van der Waals surface area contributed by atoms with Crippen LogP contribution in [0.3, 0.4) is 0 Å². The molecule has 1 saturated heterocycles. The van der Waals surface area contributed by atoms with E-state index in [4.69, 9.17) is 5.11 Å². The number of rotatable bonds is 6. The molecule has 1 aliphatic heterocycles. The Morgan fingerprint density at radius 1 is 1.33 bits per heavy atom. The van der Waals surface area contributed by atoms with E-state index in [0.717, 1.165) is 17.4 Å². The molecule has 1 rings (SSSR count). The quantitative estimate of drug-likeness (QED) is 0.608. The molecular weight excluding hydrogens is 260 g/mol. The van der Waals surface area contributed by atoms with Gasteiger partial charge in [-0.1, -0.05) is 0 Å². The van der Waals surface area contributed by atoms with Gasteiger partial charge in [0.25, 0.3) is 10.2 Å². The number of hydrogen-bond donors (Lipinski definition) is 2. The van der Waals surface area contributed by atoms with Gasteiger partial charge in [-0.3, -0.25) is 4.79 Å². The smallest absolute Gasteiger partial charge is 0.304 e. The van der Waals surface area contributed by atoms with Crippen LogP contribution in [0.25, 0.3) is 0 Å². The first-order valence-electron chi connectivity index (χ1n) is 5.70. The molecule has 0 radical (unpaired) electrons. The van der Waals surface area contributed by atoms with Crippen molar-refractivity contribution in [1.82, 2.24) is 19.0 Å². The van der Waals surface area contributed by atoms with Gasteiger partial charge in [-0.2, -0.15) is 12.7 Å². The molecule has 1 fully saturated rings. The maximum absolute atomic E-state index is 11.9. The van der Waals surface area contributed by atoms with Gasteiger partial charge in [0.05, 0.1) is 6.42 Å². The molecule has 1 aliphatic rings. The molecule has 106 valence electrons. The zero-order chi connectivity index (χ0) is 13.8. The number of carboxylic acid groups (broad SMARTS) is 1. The van der Waals surface area contributed by atoms with Crippen molar-refractivity contribution in [3.63, 3.8) is 0 Å². The van der Waals surface area contributed by atoms with Crippen LogP contribution >= 0.6 is 0 Å². The fourth-order valence-electron chi connectivity index (χ4n) is 1.50. The highest BCUT2D eigenvalue weighted by Crippen LogP contribution is 2.01. The molecule has 0 aromatic heterocycles. The number of hydrazine groups is 1. The summed E-state index contributed by atoms with van der Waals surface area (Å²) in [6.45, 7) is 2.77. The number of carbonyl (C=O) groups is 1. The number of nitrogens with one attached hydrogen (secondary N) is 1. The Labute approximate surface area is 107 Å². The molecule has 9 heteroatoms. The lowest BCUT2D eigenvalue weighted by atomic mass is 10.4. The molecular formula is C9H20N4O4S. The number of hydrogen-bond acceptors (Lipinski definition) is 5. The average molecular weight is 280 g/mol. The minimum atomic E-state index is -3.65. The van der Waals surface area contributed by atoms with Gasteiger partial charge in [0, 0.05) is 39.8 Å². The summed E-state index contributed by atoms with van der Waals surface area (Å²) >= 11 is 0. The predicted octanol–water partition coefficient (Wildman–Crippen LogP) is -1.61. The number of aliphatic carboxylic acids is 1. The zero-order valence-corrected chi connectivity index (χ0v) is 11.5. The van der Waals surface area contributed by atoms with E-state index < -0.39 is 16.2 Å². The molecule has 0 atom stereocenters. The highest BCUT2D eigenvalue weighted by molar-refractivity contribution is 7.87. The fraction of sp³-hybridized carbons (Fsp3) is 0.889. The lowest BCUT2D eigenvalue weighted by molar-refractivity contribution is -0.137. The monoisotopic (exact) mass is 280 g/mol. The molecule has 0 amide bonds. The third-order valence-electron chi connectivity index (χ3n) is 2.80. The Hall–Kier alpha value is -0.740. The SMILES string of the molecule is CN1CCN(NS(=O)(=O)N(C)CCC(=O)O)CC1. The lowest BCUT2D eigenvalue weighted by Gasteiger charge is -2.33. The van der Waals surface area contributed by atoms with Gasteiger partial charge in [0.15, 0.2) is 0 Å². The molecule has 0 spiro atoms. The summed E-state index contributed by atoms with van der Waals surface area (Å²) in [5.74, 6) is -1.02. The topological polar surface area (TPSA) is 93.2 Å². The molecule has 18 heavy (non-hydrogen) atoms. The summed E-state index contributed by atoms with van der Waals surface area (Å²) in [4.78, 5) is 15.0. The van der Waals surface area contributed by atoms with E-state index >= 15 is 0 Å². The van der Waals surface area contributed by atoms with Gasteiger partial charge in [-0.25, -0.2) is 5.01 Å². The summed E-state index contributed by atoms with van der Waals surface area (Å²) in [5, 5.41) is 10.2. The van der Waals surface area contributed by atoms with Gasteiger partial charge in [0.1, 0.15) is 0 Å². The highest BCUT2D eigenvalue weighted by atomic mass is 32.2. The predicted molar refractivity (Wildman–Crippen MR) is 66.0 cm³/mol. The summed E-state index contributed by atoms with van der Waals surface area (Å²) in [7, 11) is -0.306. The fourth-order valence-corrected chi connectivity index (χ4v) is 2.48. The summed E-state index contributed by atoms with van der Waals surface area (Å²) in [5.41, 5.74) is 0. The number of piperazine rings is 1. The van der Waals surface area contributed by atoms with Gasteiger partial charge < -0.3 is 10.0 Å². The van der Waals surface area contributed by atoms with Crippen LogP contribution in [0.5, 0.6) is 0 Å². The Balaban J connectivity index is 2.45. The second-order valence-corrected chi connectivity index (χ2v) is 6.11. The van der Waals surface area contributed by atoms with Crippen LogP contribution in [-0.4, -0.2) is 80.5 Å². The molecule has 0 aliphatic carbocycles. The zero-order valence-electron chi connectivity index (χ0n) is 10.7. The number of nitrogens with zero attached hydrogens (tertiary/aromatic N) is 3. The average Bonchev–Trinajstić information content (AvgIpc) is 2.28. The first kappa shape index (κ1) is 15.3. The largest absolute Gasteiger partial charge is 0.481 e. The van der Waals surface area contributed by atoms with Crippen molar-refractivity contribution in [3.05, 3.63) is 0 Å². The normalized spacial score (nSPS) is 19.3. The second-order valence-electron chi connectivity index (χ2n) is 4.35. The van der Waals surface area contributed by atoms with E-state index in [1.807, 2.05) is 7.05 Å². The van der Waals surface area contributed by atoms with E-state index in [0.29, 0.717) is 13.1 Å². The van der Waals surface area contributed by atoms with Crippen LogP contribution in [0.15, 0.2) is 0 Å². The Kier molecular flexibility index (Phi) is 5.47. The van der Waals surface area contributed by atoms with E-state index in [-0.39, 0.29) is 13.0 Å². The van der Waals surface area contributed by atoms with Crippen molar-refractivity contribution in [2.75, 3.05) is 46.8 Å². The standard InChI is InChI=1S/C9H20N4O4S/c1-11-5-7-13(8-6-11)10-18(16,17)12(2)4-3-9(14)15/h10H,3-8H2,1-2H3,(H,14,15). The van der Waals surface area contributed by atoms with Crippen molar-refractivity contribution in [3.8, 4) is 0 Å². The third-order valence-corrected chi connectivity index (χ3v) is 4.29. The molecule has 0 saturated carbocycles. The van der Waals surface area contributed by atoms with E-state index in [2.05, 4.69) is 9.73 Å². The molecule has 8 nitrogen and oxygen atoms in total. The van der Waals surface area contributed by atoms with Crippen LogP contribution in [0.1, 0.15) is 6.42 Å². The Morgan fingerprint density at radius 3 is 2.39 bits per heavy atom. The van der Waals surface area contributed by atoms with E-state index in [1.165, 1.54) is 7.05 Å². The summed E-state index contributed by atoms with van der Waals surface area (Å²) in [6, 6.07) is 0. The van der Waals surface area contributed by atoms with Crippen molar-refractivity contribution in [1.29, 1.82) is 0 Å². The van der Waals surface area contributed by atoms with Gasteiger partial charge in [0.2, 0.25) is 0 Å². The minimum Gasteiger partial charge on any atom is -0.481 e. The van der Waals surface area contributed by atoms with E-state index in [9.17, 15) is 13.2 Å². The third kappa shape index (κ3) is 4.86. The maximum atomic E-state index is 11.9. The van der Waals surface area contributed by atoms with E-state index in [1.54, 1.807) is 5.01 Å². The maximum Gasteiger partial charge on any atom is 0.304 e. The van der Waals surface area contributed by atoms with Gasteiger partial charge in [-0.05, 0) is 7.05 Å². The Morgan fingerprint density at radius 2 is 1.89 bits per heavy atom. The minimum absolute atomic E-state index is 0.0432. The molecule has 0 aromatic carbocycles. The Bertz CT molecular complexity index is 378. The van der Waals surface area contributed by atoms with Crippen molar-refractivity contribution >= 4 is 16.2 Å². The molecule has 2 N–H and O–H groups in total. The molecule has 0 aromatic rings. The second kappa shape index (κ2) is 6.43. The summed E-state index contributed by atoms with van der Waals surface area (Å²) < 4.78 is 24.7. The number of likely N-dealkylation sites (N-methyl/N-ethyl adjacent to an activating group) is 1. The van der Waals surface area contributed by atoms with Crippen LogP contribution < -0.4 is 4.83 Å². The lowest BCUT2D eigenvalue weighted by Crippen LogP contribution is -2.55. The van der Waals surface area contributed by atoms with Crippen molar-refractivity contribution in [2.24, 2.45) is 0 Å². The summed E-state index contributed by atoms with van der Waals surface area (Å²) in [6.07, 6.45) is -0.208. The molecule has 1 heterocycles. The first-order valence-corrected chi connectivity index (χ1v) is 7.14. The first-order chi connectivity index (χ1) is 8.31. The molecule has 0 unspecified atom stereocenters. The van der Waals surface area contributed by atoms with Crippen molar-refractivity contribution < 1.29 is 18.3 Å². The van der Waals surface area contributed by atoms with Crippen LogP contribution in [0.4, 0.5) is 0 Å². The van der Waals surface area contributed by atoms with Gasteiger partial charge >= 0.3 is 5.97 Å². The van der Waals surface area contributed by atoms with Crippen LogP contribution in [0.2, 0.25) is 0 Å². The van der Waals surface area contributed by atoms with Crippen LogP contribution in [0, 0.1) is 0 Å². The highest BCUT2D eigenvalue weighted by Gasteiger charge is 2.23. The van der Waals surface area contributed by atoms with Crippen molar-refractivity contribution in [2.45, 2.75) is 6.42 Å². The van der Waals surface area contributed by atoms with Gasteiger partial charge in [-0.15, -0.1) is 4.83 Å².